The number of methoxy groups -OCH3 is 1. The first-order chi connectivity index (χ1) is 13.2. The van der Waals surface area contributed by atoms with Crippen LogP contribution in [0.15, 0.2) is 55.1 Å². The second-order valence-electron chi connectivity index (χ2n) is 6.11. The molecule has 0 saturated heterocycles. The molecule has 0 saturated carbocycles. The number of rotatable bonds is 5. The molecule has 0 atom stereocenters. The number of imidazole rings is 1. The second-order valence-corrected chi connectivity index (χ2v) is 6.11. The van der Waals surface area contributed by atoms with Gasteiger partial charge in [-0.2, -0.15) is 0 Å². The third kappa shape index (κ3) is 3.31. The molecule has 136 valence electrons. The third-order valence-corrected chi connectivity index (χ3v) is 4.44. The van der Waals surface area contributed by atoms with E-state index in [9.17, 15) is 4.39 Å². The van der Waals surface area contributed by atoms with Gasteiger partial charge >= 0.3 is 0 Å². The Bertz CT molecular complexity index is 1090. The van der Waals surface area contributed by atoms with Crippen LogP contribution < -0.4 is 10.1 Å². The highest BCUT2D eigenvalue weighted by Gasteiger charge is 2.12. The molecule has 27 heavy (non-hydrogen) atoms. The fourth-order valence-electron chi connectivity index (χ4n) is 2.97. The number of halogens is 1. The number of fused-ring (bicyclic) bond motifs is 1. The molecule has 0 aliphatic carbocycles. The standard InChI is InChI=1S/C20H18FN5O/c1-26-8-7-22-18(26)11-23-20-16-9-14(13-3-5-15(21)6-4-13)10-17(27-2)19(16)24-12-25-20/h3-10,12H,11H2,1-2H3,(H,23,24,25). The van der Waals surface area contributed by atoms with E-state index in [1.807, 2.05) is 29.9 Å². The third-order valence-electron chi connectivity index (χ3n) is 4.44. The van der Waals surface area contributed by atoms with Crippen LogP contribution in [0.2, 0.25) is 0 Å². The first-order valence-electron chi connectivity index (χ1n) is 8.44. The van der Waals surface area contributed by atoms with E-state index >= 15 is 0 Å². The van der Waals surface area contributed by atoms with E-state index in [-0.39, 0.29) is 5.82 Å². The average Bonchev–Trinajstić information content (AvgIpc) is 3.10. The highest BCUT2D eigenvalue weighted by Crippen LogP contribution is 2.34. The number of aryl methyl sites for hydroxylation is 1. The summed E-state index contributed by atoms with van der Waals surface area (Å²) in [6.45, 7) is 0.526. The maximum Gasteiger partial charge on any atom is 0.145 e. The Kier molecular flexibility index (Phi) is 4.42. The molecule has 0 radical (unpaired) electrons. The predicted molar refractivity (Wildman–Crippen MR) is 102 cm³/mol. The van der Waals surface area contributed by atoms with Crippen LogP contribution in [0, 0.1) is 5.82 Å². The summed E-state index contributed by atoms with van der Waals surface area (Å²) in [5.41, 5.74) is 2.49. The number of anilines is 1. The number of aromatic nitrogens is 4. The van der Waals surface area contributed by atoms with Gasteiger partial charge in [0.25, 0.3) is 0 Å². The van der Waals surface area contributed by atoms with E-state index in [2.05, 4.69) is 20.3 Å². The van der Waals surface area contributed by atoms with Gasteiger partial charge in [0.1, 0.15) is 35.1 Å². The van der Waals surface area contributed by atoms with Crippen LogP contribution in [-0.2, 0) is 13.6 Å². The van der Waals surface area contributed by atoms with Crippen molar-refractivity contribution in [3.8, 4) is 16.9 Å². The molecule has 2 aromatic heterocycles. The van der Waals surface area contributed by atoms with Gasteiger partial charge in [-0.3, -0.25) is 0 Å². The van der Waals surface area contributed by atoms with Crippen molar-refractivity contribution in [3.63, 3.8) is 0 Å². The molecular weight excluding hydrogens is 345 g/mol. The van der Waals surface area contributed by atoms with Crippen molar-refractivity contribution >= 4 is 16.7 Å². The fraction of sp³-hybridized carbons (Fsp3) is 0.150. The quantitative estimate of drug-likeness (QED) is 0.584. The highest BCUT2D eigenvalue weighted by atomic mass is 19.1. The lowest BCUT2D eigenvalue weighted by Gasteiger charge is -2.13. The lowest BCUT2D eigenvalue weighted by atomic mass is 10.0. The summed E-state index contributed by atoms with van der Waals surface area (Å²) < 4.78 is 20.7. The lowest BCUT2D eigenvalue weighted by molar-refractivity contribution is 0.419. The largest absolute Gasteiger partial charge is 0.494 e. The number of nitrogens with one attached hydrogen (secondary N) is 1. The monoisotopic (exact) mass is 363 g/mol. The van der Waals surface area contributed by atoms with Crippen molar-refractivity contribution in [2.24, 2.45) is 7.05 Å². The summed E-state index contributed by atoms with van der Waals surface area (Å²) >= 11 is 0. The summed E-state index contributed by atoms with van der Waals surface area (Å²) in [4.78, 5) is 13.1. The molecule has 4 rings (SSSR count). The van der Waals surface area contributed by atoms with Crippen LogP contribution in [0.3, 0.4) is 0 Å². The van der Waals surface area contributed by atoms with Gasteiger partial charge in [0.2, 0.25) is 0 Å². The molecule has 2 aromatic carbocycles. The minimum Gasteiger partial charge on any atom is -0.494 e. The molecule has 1 N–H and O–H groups in total. The molecule has 2 heterocycles. The van der Waals surface area contributed by atoms with E-state index in [1.165, 1.54) is 18.5 Å². The van der Waals surface area contributed by atoms with Crippen LogP contribution in [-0.4, -0.2) is 26.6 Å². The Labute approximate surface area is 155 Å². The van der Waals surface area contributed by atoms with Crippen LogP contribution >= 0.6 is 0 Å². The number of hydrogen-bond acceptors (Lipinski definition) is 5. The van der Waals surface area contributed by atoms with Gasteiger partial charge in [0, 0.05) is 24.8 Å². The number of hydrogen-bond donors (Lipinski definition) is 1. The van der Waals surface area contributed by atoms with Crippen molar-refractivity contribution in [3.05, 3.63) is 66.8 Å². The van der Waals surface area contributed by atoms with E-state index in [0.29, 0.717) is 23.6 Å². The Morgan fingerprint density at radius 3 is 2.59 bits per heavy atom. The zero-order chi connectivity index (χ0) is 18.8. The Hall–Kier alpha value is -3.48. The van der Waals surface area contributed by atoms with E-state index in [1.54, 1.807) is 25.4 Å². The highest BCUT2D eigenvalue weighted by molar-refractivity contribution is 5.96. The molecule has 0 aliphatic heterocycles. The van der Waals surface area contributed by atoms with E-state index in [0.717, 1.165) is 22.3 Å². The molecule has 6 nitrogen and oxygen atoms in total. The summed E-state index contributed by atoms with van der Waals surface area (Å²) in [6, 6.07) is 10.2. The second kappa shape index (κ2) is 7.03. The molecule has 4 aromatic rings. The van der Waals surface area contributed by atoms with Crippen LogP contribution in [0.5, 0.6) is 5.75 Å². The first kappa shape index (κ1) is 17.0. The number of benzene rings is 2. The Morgan fingerprint density at radius 1 is 1.07 bits per heavy atom. The van der Waals surface area contributed by atoms with Gasteiger partial charge in [0.05, 0.1) is 13.7 Å². The molecule has 0 aliphatic rings. The lowest BCUT2D eigenvalue weighted by Crippen LogP contribution is -2.07. The molecule has 0 bridgehead atoms. The zero-order valence-corrected chi connectivity index (χ0v) is 15.0. The smallest absolute Gasteiger partial charge is 0.145 e. The topological polar surface area (TPSA) is 64.9 Å². The Balaban J connectivity index is 1.78. The number of nitrogens with zero attached hydrogens (tertiary/aromatic N) is 4. The molecule has 7 heteroatoms. The average molecular weight is 363 g/mol. The van der Waals surface area contributed by atoms with E-state index < -0.39 is 0 Å². The minimum atomic E-state index is -0.271. The van der Waals surface area contributed by atoms with Gasteiger partial charge in [-0.1, -0.05) is 12.1 Å². The van der Waals surface area contributed by atoms with Crippen molar-refractivity contribution < 1.29 is 9.13 Å². The van der Waals surface area contributed by atoms with Crippen molar-refractivity contribution in [2.75, 3.05) is 12.4 Å². The van der Waals surface area contributed by atoms with Gasteiger partial charge in [-0.05, 0) is 35.4 Å². The van der Waals surface area contributed by atoms with Gasteiger partial charge in [-0.25, -0.2) is 19.3 Å². The molecule has 0 fully saturated rings. The summed E-state index contributed by atoms with van der Waals surface area (Å²) in [5.74, 6) is 1.94. The van der Waals surface area contributed by atoms with Crippen molar-refractivity contribution in [1.82, 2.24) is 19.5 Å². The number of ether oxygens (including phenoxy) is 1. The molecule has 0 spiro atoms. The minimum absolute atomic E-state index is 0.271. The van der Waals surface area contributed by atoms with Crippen LogP contribution in [0.1, 0.15) is 5.82 Å². The SMILES string of the molecule is COc1cc(-c2ccc(F)cc2)cc2c(NCc3nccn3C)ncnc12. The summed E-state index contributed by atoms with van der Waals surface area (Å²) in [6.07, 6.45) is 5.15. The molecule has 0 unspecified atom stereocenters. The first-order valence-corrected chi connectivity index (χ1v) is 8.44. The molecular formula is C20H18FN5O. The van der Waals surface area contributed by atoms with Gasteiger partial charge < -0.3 is 14.6 Å². The predicted octanol–water partition coefficient (Wildman–Crippen LogP) is 3.79. The maximum absolute atomic E-state index is 13.3. The van der Waals surface area contributed by atoms with Gasteiger partial charge in [0.15, 0.2) is 0 Å². The van der Waals surface area contributed by atoms with Crippen molar-refractivity contribution in [1.29, 1.82) is 0 Å². The molecule has 0 amide bonds. The van der Waals surface area contributed by atoms with Gasteiger partial charge in [-0.15, -0.1) is 0 Å². The summed E-state index contributed by atoms with van der Waals surface area (Å²) in [7, 11) is 3.55. The normalized spacial score (nSPS) is 10.9. The maximum atomic E-state index is 13.3. The van der Waals surface area contributed by atoms with E-state index in [4.69, 9.17) is 4.74 Å². The Morgan fingerprint density at radius 2 is 1.89 bits per heavy atom. The summed E-state index contributed by atoms with van der Waals surface area (Å²) in [5, 5.41) is 4.14. The zero-order valence-electron chi connectivity index (χ0n) is 15.0. The van der Waals surface area contributed by atoms with Crippen LogP contribution in [0.25, 0.3) is 22.0 Å². The van der Waals surface area contributed by atoms with Crippen molar-refractivity contribution in [2.45, 2.75) is 6.54 Å². The van der Waals surface area contributed by atoms with Crippen LogP contribution in [0.4, 0.5) is 10.2 Å². The fourth-order valence-corrected chi connectivity index (χ4v) is 2.97.